The van der Waals surface area contributed by atoms with Crippen LogP contribution in [-0.2, 0) is 9.53 Å². The molecule has 11 heavy (non-hydrogen) atoms. The third kappa shape index (κ3) is 3.82. The maximum absolute atomic E-state index is 11.7. The summed E-state index contributed by atoms with van der Waals surface area (Å²) < 4.78 is 39.0. The summed E-state index contributed by atoms with van der Waals surface area (Å²) in [4.78, 5) is 10.1. The average molecular weight is 171 g/mol. The van der Waals surface area contributed by atoms with E-state index in [1.54, 1.807) is 0 Å². The standard InChI is InChI=1S/C5H8F3NO2/c1-3(10)11-4(2-9)5(6,7)8/h4H,2,9H2,1H3. The quantitative estimate of drug-likeness (QED) is 0.613. The Morgan fingerprint density at radius 1 is 1.64 bits per heavy atom. The minimum atomic E-state index is -4.57. The third-order valence-corrected chi connectivity index (χ3v) is 0.887. The fourth-order valence-corrected chi connectivity index (χ4v) is 0.449. The minimum absolute atomic E-state index is 0.747. The normalized spacial score (nSPS) is 14.3. The number of alkyl halides is 3. The molecular weight excluding hydrogens is 163 g/mol. The van der Waals surface area contributed by atoms with Gasteiger partial charge in [-0.1, -0.05) is 0 Å². The molecule has 0 aromatic carbocycles. The van der Waals surface area contributed by atoms with Crippen molar-refractivity contribution in [3.05, 3.63) is 0 Å². The van der Waals surface area contributed by atoms with Crippen LogP contribution in [0.1, 0.15) is 6.92 Å². The number of ether oxygens (including phenoxy) is 1. The van der Waals surface area contributed by atoms with Crippen LogP contribution in [0.25, 0.3) is 0 Å². The summed E-state index contributed by atoms with van der Waals surface area (Å²) in [5.41, 5.74) is 4.71. The Balaban J connectivity index is 4.07. The van der Waals surface area contributed by atoms with Gasteiger partial charge in [0.05, 0.1) is 0 Å². The SMILES string of the molecule is CC(=O)OC(CN)C(F)(F)F. The number of carbonyl (C=O) groups excluding carboxylic acids is 1. The Bertz CT molecular complexity index is 145. The zero-order valence-corrected chi connectivity index (χ0v) is 5.81. The van der Waals surface area contributed by atoms with Gasteiger partial charge in [-0.3, -0.25) is 4.79 Å². The molecule has 0 fully saturated rings. The number of hydrogen-bond acceptors (Lipinski definition) is 3. The van der Waals surface area contributed by atoms with Gasteiger partial charge in [-0.05, 0) is 0 Å². The number of hydrogen-bond donors (Lipinski definition) is 1. The van der Waals surface area contributed by atoms with Gasteiger partial charge < -0.3 is 10.5 Å². The second-order valence-electron chi connectivity index (χ2n) is 1.88. The van der Waals surface area contributed by atoms with Crippen LogP contribution in [0.4, 0.5) is 13.2 Å². The van der Waals surface area contributed by atoms with E-state index in [1.165, 1.54) is 0 Å². The molecule has 0 bridgehead atoms. The molecule has 0 radical (unpaired) electrons. The van der Waals surface area contributed by atoms with Crippen molar-refractivity contribution in [1.29, 1.82) is 0 Å². The zero-order valence-electron chi connectivity index (χ0n) is 5.81. The summed E-state index contributed by atoms with van der Waals surface area (Å²) in [5, 5.41) is 0. The lowest BCUT2D eigenvalue weighted by atomic mass is 10.3. The zero-order chi connectivity index (χ0) is 9.07. The average Bonchev–Trinajstić information content (AvgIpc) is 1.79. The van der Waals surface area contributed by atoms with Gasteiger partial charge in [-0.15, -0.1) is 0 Å². The fourth-order valence-electron chi connectivity index (χ4n) is 0.449. The second-order valence-corrected chi connectivity index (χ2v) is 1.88. The predicted octanol–water partition coefficient (Wildman–Crippen LogP) is 0.439. The summed E-state index contributed by atoms with van der Waals surface area (Å²) in [6, 6.07) is 0. The van der Waals surface area contributed by atoms with Gasteiger partial charge in [0.1, 0.15) is 0 Å². The predicted molar refractivity (Wildman–Crippen MR) is 30.7 cm³/mol. The van der Waals surface area contributed by atoms with E-state index in [9.17, 15) is 18.0 Å². The monoisotopic (exact) mass is 171 g/mol. The summed E-state index contributed by atoms with van der Waals surface area (Å²) in [6.45, 7) is 0.150. The Morgan fingerprint density at radius 2 is 2.09 bits per heavy atom. The van der Waals surface area contributed by atoms with Crippen molar-refractivity contribution in [3.8, 4) is 0 Å². The highest BCUT2D eigenvalue weighted by molar-refractivity contribution is 5.66. The van der Waals surface area contributed by atoms with E-state index in [0.29, 0.717) is 0 Å². The van der Waals surface area contributed by atoms with E-state index in [2.05, 4.69) is 4.74 Å². The molecule has 0 rings (SSSR count). The molecular formula is C5H8F3NO2. The lowest BCUT2D eigenvalue weighted by Crippen LogP contribution is -2.39. The van der Waals surface area contributed by atoms with Gasteiger partial charge in [-0.2, -0.15) is 13.2 Å². The van der Waals surface area contributed by atoms with Crippen LogP contribution in [0.15, 0.2) is 0 Å². The number of carbonyl (C=O) groups is 1. The maximum atomic E-state index is 11.7. The molecule has 0 saturated carbocycles. The van der Waals surface area contributed by atoms with E-state index in [1.807, 2.05) is 0 Å². The van der Waals surface area contributed by atoms with Crippen molar-refractivity contribution < 1.29 is 22.7 Å². The van der Waals surface area contributed by atoms with Crippen molar-refractivity contribution >= 4 is 5.97 Å². The summed E-state index contributed by atoms with van der Waals surface area (Å²) in [7, 11) is 0. The molecule has 0 aromatic heterocycles. The van der Waals surface area contributed by atoms with Gasteiger partial charge in [0, 0.05) is 13.5 Å². The summed E-state index contributed by atoms with van der Waals surface area (Å²) in [5.74, 6) is -0.988. The van der Waals surface area contributed by atoms with Gasteiger partial charge in [0.15, 0.2) is 0 Å². The first-order valence-corrected chi connectivity index (χ1v) is 2.82. The Morgan fingerprint density at radius 3 is 2.18 bits per heavy atom. The molecule has 0 aromatic rings. The first-order chi connectivity index (χ1) is 4.88. The number of esters is 1. The summed E-state index contributed by atoms with van der Waals surface area (Å²) >= 11 is 0. The van der Waals surface area contributed by atoms with Crippen molar-refractivity contribution in [3.63, 3.8) is 0 Å². The van der Waals surface area contributed by atoms with Crippen LogP contribution in [0.3, 0.4) is 0 Å². The fraction of sp³-hybridized carbons (Fsp3) is 0.800. The molecule has 6 heteroatoms. The van der Waals surface area contributed by atoms with E-state index in [4.69, 9.17) is 5.73 Å². The molecule has 1 atom stereocenters. The van der Waals surface area contributed by atoms with Gasteiger partial charge in [0.2, 0.25) is 6.10 Å². The van der Waals surface area contributed by atoms with Crippen LogP contribution >= 0.6 is 0 Å². The van der Waals surface area contributed by atoms with Crippen LogP contribution in [0, 0.1) is 0 Å². The molecule has 0 aliphatic carbocycles. The molecule has 0 amide bonds. The Labute approximate surface area is 61.3 Å². The molecule has 0 spiro atoms. The van der Waals surface area contributed by atoms with Gasteiger partial charge in [0.25, 0.3) is 0 Å². The Hall–Kier alpha value is -0.780. The molecule has 1 unspecified atom stereocenters. The highest BCUT2D eigenvalue weighted by Gasteiger charge is 2.41. The second kappa shape index (κ2) is 3.56. The topological polar surface area (TPSA) is 52.3 Å². The van der Waals surface area contributed by atoms with E-state index >= 15 is 0 Å². The van der Waals surface area contributed by atoms with E-state index in [0.717, 1.165) is 6.92 Å². The third-order valence-electron chi connectivity index (χ3n) is 0.887. The van der Waals surface area contributed by atoms with Crippen LogP contribution < -0.4 is 5.73 Å². The smallest absolute Gasteiger partial charge is 0.426 e. The maximum Gasteiger partial charge on any atom is 0.426 e. The largest absolute Gasteiger partial charge is 0.451 e. The summed E-state index contributed by atoms with van der Waals surface area (Å²) in [6.07, 6.45) is -6.75. The first kappa shape index (κ1) is 10.2. The van der Waals surface area contributed by atoms with E-state index < -0.39 is 24.8 Å². The lowest BCUT2D eigenvalue weighted by Gasteiger charge is -2.17. The van der Waals surface area contributed by atoms with Crippen molar-refractivity contribution in [2.75, 3.05) is 6.54 Å². The number of halogens is 3. The van der Waals surface area contributed by atoms with Crippen molar-refractivity contribution in [2.45, 2.75) is 19.2 Å². The van der Waals surface area contributed by atoms with Crippen LogP contribution in [0.2, 0.25) is 0 Å². The lowest BCUT2D eigenvalue weighted by molar-refractivity contribution is -0.217. The van der Waals surface area contributed by atoms with Crippen LogP contribution in [0.5, 0.6) is 0 Å². The molecule has 3 nitrogen and oxygen atoms in total. The van der Waals surface area contributed by atoms with Gasteiger partial charge >= 0.3 is 12.1 Å². The number of nitrogens with two attached hydrogens (primary N) is 1. The van der Waals surface area contributed by atoms with Crippen molar-refractivity contribution in [2.24, 2.45) is 5.73 Å². The molecule has 0 saturated heterocycles. The first-order valence-electron chi connectivity index (χ1n) is 2.82. The van der Waals surface area contributed by atoms with Crippen LogP contribution in [-0.4, -0.2) is 24.8 Å². The van der Waals surface area contributed by atoms with Crippen molar-refractivity contribution in [1.82, 2.24) is 0 Å². The molecule has 2 N–H and O–H groups in total. The Kier molecular flexibility index (Phi) is 3.31. The van der Waals surface area contributed by atoms with Gasteiger partial charge in [-0.25, -0.2) is 0 Å². The highest BCUT2D eigenvalue weighted by atomic mass is 19.4. The molecule has 0 aliphatic heterocycles. The number of rotatable bonds is 2. The highest BCUT2D eigenvalue weighted by Crippen LogP contribution is 2.21. The molecule has 0 heterocycles. The molecule has 0 aliphatic rings. The molecule has 66 valence electrons. The minimum Gasteiger partial charge on any atom is -0.451 e. The van der Waals surface area contributed by atoms with E-state index in [-0.39, 0.29) is 0 Å².